The number of hydrogen-bond acceptors (Lipinski definition) is 3. The third kappa shape index (κ3) is 2.37. The van der Waals surface area contributed by atoms with Crippen LogP contribution >= 0.6 is 0 Å². The van der Waals surface area contributed by atoms with Gasteiger partial charge in [-0.1, -0.05) is 18.2 Å². The van der Waals surface area contributed by atoms with Gasteiger partial charge in [0.25, 0.3) is 0 Å². The SMILES string of the molecule is Cc1c(OCc2ccccc2N)ccc(O)c1F. The van der Waals surface area contributed by atoms with E-state index >= 15 is 0 Å². The van der Waals surface area contributed by atoms with Gasteiger partial charge in [0.05, 0.1) is 0 Å². The van der Waals surface area contributed by atoms with Crippen LogP contribution in [0.5, 0.6) is 11.5 Å². The van der Waals surface area contributed by atoms with Crippen LogP contribution in [-0.2, 0) is 6.61 Å². The van der Waals surface area contributed by atoms with E-state index in [9.17, 15) is 9.50 Å². The molecule has 0 aromatic heterocycles. The highest BCUT2D eigenvalue weighted by Crippen LogP contribution is 2.28. The first-order valence-corrected chi connectivity index (χ1v) is 5.54. The van der Waals surface area contributed by atoms with Gasteiger partial charge in [-0.25, -0.2) is 4.39 Å². The van der Waals surface area contributed by atoms with Crippen LogP contribution in [0.25, 0.3) is 0 Å². The molecule has 0 aliphatic heterocycles. The van der Waals surface area contributed by atoms with Crippen molar-refractivity contribution in [2.45, 2.75) is 13.5 Å². The zero-order chi connectivity index (χ0) is 13.1. The van der Waals surface area contributed by atoms with Crippen LogP contribution < -0.4 is 10.5 Å². The number of phenolic OH excluding ortho intramolecular Hbond substituents is 1. The minimum Gasteiger partial charge on any atom is -0.505 e. The molecule has 3 nitrogen and oxygen atoms in total. The fourth-order valence-corrected chi connectivity index (χ4v) is 1.63. The molecule has 18 heavy (non-hydrogen) atoms. The van der Waals surface area contributed by atoms with Crippen molar-refractivity contribution in [1.82, 2.24) is 0 Å². The maximum atomic E-state index is 13.4. The molecule has 4 heteroatoms. The molecule has 2 rings (SSSR count). The van der Waals surface area contributed by atoms with Gasteiger partial charge in [-0.2, -0.15) is 0 Å². The molecular weight excluding hydrogens is 233 g/mol. The Morgan fingerprint density at radius 3 is 2.67 bits per heavy atom. The van der Waals surface area contributed by atoms with E-state index in [1.165, 1.54) is 12.1 Å². The number of ether oxygens (including phenoxy) is 1. The monoisotopic (exact) mass is 247 g/mol. The van der Waals surface area contributed by atoms with Crippen LogP contribution in [0.15, 0.2) is 36.4 Å². The van der Waals surface area contributed by atoms with Crippen molar-refractivity contribution >= 4 is 5.69 Å². The average Bonchev–Trinajstić information content (AvgIpc) is 2.37. The Hall–Kier alpha value is -2.23. The number of nitrogen functional groups attached to an aromatic ring is 1. The zero-order valence-electron chi connectivity index (χ0n) is 9.98. The third-order valence-corrected chi connectivity index (χ3v) is 2.75. The summed E-state index contributed by atoms with van der Waals surface area (Å²) >= 11 is 0. The standard InChI is InChI=1S/C14H14FNO2/c1-9-13(7-6-12(17)14(9)15)18-8-10-4-2-3-5-11(10)16/h2-7,17H,8,16H2,1H3. The summed E-state index contributed by atoms with van der Waals surface area (Å²) in [7, 11) is 0. The van der Waals surface area contributed by atoms with Crippen LogP contribution in [-0.4, -0.2) is 5.11 Å². The molecule has 0 saturated heterocycles. The van der Waals surface area contributed by atoms with E-state index < -0.39 is 5.82 Å². The molecule has 0 radical (unpaired) electrons. The summed E-state index contributed by atoms with van der Waals surface area (Å²) in [6.45, 7) is 1.82. The second kappa shape index (κ2) is 4.96. The first kappa shape index (κ1) is 12.2. The van der Waals surface area contributed by atoms with Gasteiger partial charge in [-0.15, -0.1) is 0 Å². The van der Waals surface area contributed by atoms with Crippen LogP contribution in [0.2, 0.25) is 0 Å². The number of nitrogens with two attached hydrogens (primary N) is 1. The highest BCUT2D eigenvalue weighted by Gasteiger charge is 2.10. The predicted octanol–water partition coefficient (Wildman–Crippen LogP) is 3.00. The van der Waals surface area contributed by atoms with Crippen molar-refractivity contribution in [3.05, 3.63) is 53.3 Å². The van der Waals surface area contributed by atoms with E-state index in [0.717, 1.165) is 5.56 Å². The molecule has 3 N–H and O–H groups in total. The van der Waals surface area contributed by atoms with Crippen LogP contribution in [0.3, 0.4) is 0 Å². The lowest BCUT2D eigenvalue weighted by atomic mass is 10.2. The van der Waals surface area contributed by atoms with Crippen LogP contribution in [0, 0.1) is 12.7 Å². The number of hydrogen-bond donors (Lipinski definition) is 2. The summed E-state index contributed by atoms with van der Waals surface area (Å²) in [5, 5.41) is 9.20. The molecule has 94 valence electrons. The van der Waals surface area contributed by atoms with Crippen molar-refractivity contribution in [2.24, 2.45) is 0 Å². The van der Waals surface area contributed by atoms with Gasteiger partial charge in [0.1, 0.15) is 12.4 Å². The van der Waals surface area contributed by atoms with E-state index in [-0.39, 0.29) is 17.9 Å². The minimum atomic E-state index is -0.659. The minimum absolute atomic E-state index is 0.262. The van der Waals surface area contributed by atoms with E-state index in [2.05, 4.69) is 0 Å². The highest BCUT2D eigenvalue weighted by atomic mass is 19.1. The first-order chi connectivity index (χ1) is 8.59. The van der Waals surface area contributed by atoms with Gasteiger partial charge >= 0.3 is 0 Å². The second-order valence-electron chi connectivity index (χ2n) is 4.01. The smallest absolute Gasteiger partial charge is 0.171 e. The van der Waals surface area contributed by atoms with Gasteiger partial charge in [0.15, 0.2) is 11.6 Å². The Morgan fingerprint density at radius 2 is 1.94 bits per heavy atom. The van der Waals surface area contributed by atoms with Gasteiger partial charge in [-0.05, 0) is 25.1 Å². The van der Waals surface area contributed by atoms with E-state index in [0.29, 0.717) is 11.4 Å². The molecule has 0 unspecified atom stereocenters. The number of phenols is 1. The molecule has 0 atom stereocenters. The Morgan fingerprint density at radius 1 is 1.22 bits per heavy atom. The Bertz CT molecular complexity index is 570. The summed E-state index contributed by atoms with van der Waals surface area (Å²) in [5.41, 5.74) is 7.54. The second-order valence-corrected chi connectivity index (χ2v) is 4.01. The fraction of sp³-hybridized carbons (Fsp3) is 0.143. The zero-order valence-corrected chi connectivity index (χ0v) is 9.98. The van der Waals surface area contributed by atoms with E-state index in [1.54, 1.807) is 13.0 Å². The van der Waals surface area contributed by atoms with Crippen molar-refractivity contribution in [2.75, 3.05) is 5.73 Å². The topological polar surface area (TPSA) is 55.5 Å². The number of rotatable bonds is 3. The average molecular weight is 247 g/mol. The number of anilines is 1. The number of para-hydroxylation sites is 1. The molecular formula is C14H14FNO2. The fourth-order valence-electron chi connectivity index (χ4n) is 1.63. The highest BCUT2D eigenvalue weighted by molar-refractivity contribution is 5.46. The molecule has 2 aromatic carbocycles. The predicted molar refractivity (Wildman–Crippen MR) is 68.0 cm³/mol. The Kier molecular flexibility index (Phi) is 3.37. The number of aromatic hydroxyl groups is 1. The molecule has 0 fully saturated rings. The Balaban J connectivity index is 2.17. The van der Waals surface area contributed by atoms with Crippen molar-refractivity contribution < 1.29 is 14.2 Å². The number of benzene rings is 2. The molecule has 0 spiro atoms. The molecule has 0 amide bonds. The maximum absolute atomic E-state index is 13.4. The lowest BCUT2D eigenvalue weighted by Gasteiger charge is -2.11. The third-order valence-electron chi connectivity index (χ3n) is 2.75. The van der Waals surface area contributed by atoms with E-state index in [4.69, 9.17) is 10.5 Å². The molecule has 0 saturated carbocycles. The van der Waals surface area contributed by atoms with Crippen molar-refractivity contribution in [1.29, 1.82) is 0 Å². The molecule has 2 aromatic rings. The van der Waals surface area contributed by atoms with Crippen molar-refractivity contribution in [3.63, 3.8) is 0 Å². The summed E-state index contributed by atoms with van der Waals surface area (Å²) in [6, 6.07) is 10.1. The molecule has 0 aliphatic carbocycles. The van der Waals surface area contributed by atoms with Gasteiger partial charge in [0.2, 0.25) is 0 Å². The van der Waals surface area contributed by atoms with Crippen LogP contribution in [0.4, 0.5) is 10.1 Å². The quantitative estimate of drug-likeness (QED) is 0.820. The van der Waals surface area contributed by atoms with Gasteiger partial charge < -0.3 is 15.6 Å². The summed E-state index contributed by atoms with van der Waals surface area (Å²) in [5.74, 6) is -0.638. The summed E-state index contributed by atoms with van der Waals surface area (Å²) in [4.78, 5) is 0. The van der Waals surface area contributed by atoms with Gasteiger partial charge in [-0.3, -0.25) is 0 Å². The normalized spacial score (nSPS) is 10.3. The maximum Gasteiger partial charge on any atom is 0.171 e. The summed E-state index contributed by atoms with van der Waals surface area (Å²) in [6.07, 6.45) is 0. The van der Waals surface area contributed by atoms with Crippen molar-refractivity contribution in [3.8, 4) is 11.5 Å². The molecule has 0 heterocycles. The lowest BCUT2D eigenvalue weighted by Crippen LogP contribution is -2.01. The largest absolute Gasteiger partial charge is 0.505 e. The lowest BCUT2D eigenvalue weighted by molar-refractivity contribution is 0.301. The van der Waals surface area contributed by atoms with Gasteiger partial charge in [0, 0.05) is 16.8 Å². The first-order valence-electron chi connectivity index (χ1n) is 5.54. The summed E-state index contributed by atoms with van der Waals surface area (Å²) < 4.78 is 19.0. The number of halogens is 1. The molecule has 0 aliphatic rings. The molecule has 0 bridgehead atoms. The van der Waals surface area contributed by atoms with Crippen LogP contribution in [0.1, 0.15) is 11.1 Å². The Labute approximate surface area is 105 Å². The van der Waals surface area contributed by atoms with E-state index in [1.807, 2.05) is 18.2 Å².